The van der Waals surface area contributed by atoms with Gasteiger partial charge in [0.2, 0.25) is 0 Å². The molecule has 1 heterocycles. The van der Waals surface area contributed by atoms with Crippen LogP contribution in [-0.2, 0) is 11.2 Å². The fraction of sp³-hybridized carbons (Fsp3) is 0.500. The Bertz CT molecular complexity index is 226. The molecule has 2 heteroatoms. The number of hydrogen-bond donors (Lipinski definition) is 0. The minimum Gasteiger partial charge on any atom is -0.299 e. The molecule has 1 aromatic heterocycles. The van der Waals surface area contributed by atoms with Crippen LogP contribution in [0.15, 0.2) is 17.5 Å². The van der Waals surface area contributed by atoms with E-state index in [4.69, 9.17) is 0 Å². The molecule has 1 rings (SSSR count). The molecular formula is C10H14OS. The number of unbranched alkanes of at least 4 members (excludes halogenated alkanes) is 1. The highest BCUT2D eigenvalue weighted by atomic mass is 32.1. The Labute approximate surface area is 77.4 Å². The number of thiophene rings is 1. The maximum atomic E-state index is 11.3. The minimum absolute atomic E-state index is 0.374. The second-order valence-corrected chi connectivity index (χ2v) is 3.93. The van der Waals surface area contributed by atoms with E-state index >= 15 is 0 Å². The molecule has 0 unspecified atom stereocenters. The Morgan fingerprint density at radius 3 is 3.00 bits per heavy atom. The van der Waals surface area contributed by atoms with Gasteiger partial charge >= 0.3 is 0 Å². The van der Waals surface area contributed by atoms with Crippen LogP contribution in [0.2, 0.25) is 0 Å². The smallest absolute Gasteiger partial charge is 0.138 e. The van der Waals surface area contributed by atoms with E-state index in [-0.39, 0.29) is 0 Å². The van der Waals surface area contributed by atoms with Crippen LogP contribution in [0.1, 0.15) is 31.1 Å². The summed E-state index contributed by atoms with van der Waals surface area (Å²) in [7, 11) is 0. The van der Waals surface area contributed by atoms with Crippen LogP contribution < -0.4 is 0 Å². The van der Waals surface area contributed by atoms with Gasteiger partial charge in [-0.25, -0.2) is 0 Å². The standard InChI is InChI=1S/C10H14OS/c1-2-3-5-9(11)8-10-6-4-7-12-10/h4,6-7H,2-3,5,8H2,1H3. The average molecular weight is 182 g/mol. The molecule has 0 fully saturated rings. The number of carbonyl (C=O) groups excluding carboxylic acids is 1. The van der Waals surface area contributed by atoms with E-state index in [1.165, 1.54) is 4.88 Å². The van der Waals surface area contributed by atoms with Crippen molar-refractivity contribution in [1.82, 2.24) is 0 Å². The molecule has 0 atom stereocenters. The summed E-state index contributed by atoms with van der Waals surface area (Å²) in [5.41, 5.74) is 0. The van der Waals surface area contributed by atoms with E-state index in [9.17, 15) is 4.79 Å². The summed E-state index contributed by atoms with van der Waals surface area (Å²) in [6, 6.07) is 4.02. The molecule has 0 aliphatic carbocycles. The van der Waals surface area contributed by atoms with Crippen molar-refractivity contribution >= 4 is 17.1 Å². The van der Waals surface area contributed by atoms with Crippen molar-refractivity contribution in [2.75, 3.05) is 0 Å². The number of Topliss-reactive ketones (excluding diaryl/α,β-unsaturated/α-hetero) is 1. The monoisotopic (exact) mass is 182 g/mol. The summed E-state index contributed by atoms with van der Waals surface area (Å²) < 4.78 is 0. The molecule has 0 saturated heterocycles. The normalized spacial score (nSPS) is 10.1. The summed E-state index contributed by atoms with van der Waals surface area (Å²) in [5.74, 6) is 0.374. The van der Waals surface area contributed by atoms with Gasteiger partial charge in [0.05, 0.1) is 0 Å². The summed E-state index contributed by atoms with van der Waals surface area (Å²) in [5, 5.41) is 2.02. The fourth-order valence-corrected chi connectivity index (χ4v) is 1.80. The number of carbonyl (C=O) groups is 1. The Hall–Kier alpha value is -0.630. The Balaban J connectivity index is 2.27. The molecule has 66 valence electrons. The predicted molar refractivity (Wildman–Crippen MR) is 52.6 cm³/mol. The molecule has 0 N–H and O–H groups in total. The lowest BCUT2D eigenvalue weighted by molar-refractivity contribution is -0.118. The van der Waals surface area contributed by atoms with Gasteiger partial charge in [0.1, 0.15) is 5.78 Å². The Morgan fingerprint density at radius 1 is 1.58 bits per heavy atom. The van der Waals surface area contributed by atoms with E-state index in [0.717, 1.165) is 19.3 Å². The zero-order chi connectivity index (χ0) is 8.81. The van der Waals surface area contributed by atoms with Gasteiger partial charge in [-0.15, -0.1) is 11.3 Å². The summed E-state index contributed by atoms with van der Waals surface area (Å²) in [6.45, 7) is 2.11. The largest absolute Gasteiger partial charge is 0.299 e. The van der Waals surface area contributed by atoms with Crippen LogP contribution >= 0.6 is 11.3 Å². The van der Waals surface area contributed by atoms with E-state index in [1.54, 1.807) is 11.3 Å². The van der Waals surface area contributed by atoms with Gasteiger partial charge in [-0.05, 0) is 17.9 Å². The lowest BCUT2D eigenvalue weighted by Gasteiger charge is -1.95. The third-order valence-electron chi connectivity index (χ3n) is 1.76. The number of rotatable bonds is 5. The van der Waals surface area contributed by atoms with Crippen molar-refractivity contribution < 1.29 is 4.79 Å². The molecule has 12 heavy (non-hydrogen) atoms. The first-order chi connectivity index (χ1) is 5.83. The van der Waals surface area contributed by atoms with Gasteiger partial charge in [-0.2, -0.15) is 0 Å². The third kappa shape index (κ3) is 3.18. The summed E-state index contributed by atoms with van der Waals surface area (Å²) in [6.07, 6.45) is 3.52. The maximum absolute atomic E-state index is 11.3. The molecule has 0 bridgehead atoms. The molecule has 0 radical (unpaired) electrons. The lowest BCUT2D eigenvalue weighted by Crippen LogP contribution is -2.00. The van der Waals surface area contributed by atoms with E-state index in [2.05, 4.69) is 6.92 Å². The molecule has 1 aromatic rings. The van der Waals surface area contributed by atoms with Crippen LogP contribution in [0.5, 0.6) is 0 Å². The molecule has 0 aromatic carbocycles. The van der Waals surface area contributed by atoms with Gasteiger partial charge in [0.15, 0.2) is 0 Å². The molecule has 0 saturated carbocycles. The van der Waals surface area contributed by atoms with E-state index in [0.29, 0.717) is 12.2 Å². The van der Waals surface area contributed by atoms with Crippen LogP contribution in [0.3, 0.4) is 0 Å². The topological polar surface area (TPSA) is 17.1 Å². The SMILES string of the molecule is CCCCC(=O)Cc1cccs1. The van der Waals surface area contributed by atoms with Crippen molar-refractivity contribution in [3.8, 4) is 0 Å². The minimum atomic E-state index is 0.374. The number of hydrogen-bond acceptors (Lipinski definition) is 2. The molecule has 0 aliphatic heterocycles. The van der Waals surface area contributed by atoms with Gasteiger partial charge in [0.25, 0.3) is 0 Å². The summed E-state index contributed by atoms with van der Waals surface area (Å²) in [4.78, 5) is 12.5. The maximum Gasteiger partial charge on any atom is 0.138 e. The van der Waals surface area contributed by atoms with Crippen LogP contribution in [0, 0.1) is 0 Å². The predicted octanol–water partition coefficient (Wildman–Crippen LogP) is 3.05. The highest BCUT2D eigenvalue weighted by Gasteiger charge is 2.02. The summed E-state index contributed by atoms with van der Waals surface area (Å²) >= 11 is 1.66. The van der Waals surface area contributed by atoms with Crippen molar-refractivity contribution in [2.24, 2.45) is 0 Å². The van der Waals surface area contributed by atoms with Crippen LogP contribution in [-0.4, -0.2) is 5.78 Å². The number of ketones is 1. The van der Waals surface area contributed by atoms with Crippen LogP contribution in [0.4, 0.5) is 0 Å². The van der Waals surface area contributed by atoms with E-state index < -0.39 is 0 Å². The van der Waals surface area contributed by atoms with Gasteiger partial charge in [-0.3, -0.25) is 4.79 Å². The first-order valence-electron chi connectivity index (χ1n) is 4.37. The van der Waals surface area contributed by atoms with Gasteiger partial charge in [-0.1, -0.05) is 19.4 Å². The van der Waals surface area contributed by atoms with Gasteiger partial charge < -0.3 is 0 Å². The van der Waals surface area contributed by atoms with E-state index in [1.807, 2.05) is 17.5 Å². The third-order valence-corrected chi connectivity index (χ3v) is 2.64. The fourth-order valence-electron chi connectivity index (χ4n) is 1.07. The molecular weight excluding hydrogens is 168 g/mol. The lowest BCUT2D eigenvalue weighted by atomic mass is 10.1. The molecule has 0 amide bonds. The quantitative estimate of drug-likeness (QED) is 0.684. The molecule has 1 nitrogen and oxygen atoms in total. The van der Waals surface area contributed by atoms with Crippen molar-refractivity contribution in [3.63, 3.8) is 0 Å². The van der Waals surface area contributed by atoms with Crippen LogP contribution in [0.25, 0.3) is 0 Å². The van der Waals surface area contributed by atoms with Crippen molar-refractivity contribution in [2.45, 2.75) is 32.6 Å². The first kappa shape index (κ1) is 9.46. The zero-order valence-electron chi connectivity index (χ0n) is 7.38. The Kier molecular flexibility index (Phi) is 4.01. The van der Waals surface area contributed by atoms with Crippen molar-refractivity contribution in [3.05, 3.63) is 22.4 Å². The van der Waals surface area contributed by atoms with Gasteiger partial charge in [0, 0.05) is 17.7 Å². The highest BCUT2D eigenvalue weighted by molar-refractivity contribution is 7.10. The molecule has 0 aliphatic rings. The second-order valence-electron chi connectivity index (χ2n) is 2.90. The first-order valence-corrected chi connectivity index (χ1v) is 5.25. The van der Waals surface area contributed by atoms with Crippen molar-refractivity contribution in [1.29, 1.82) is 0 Å². The molecule has 0 spiro atoms. The highest BCUT2D eigenvalue weighted by Crippen LogP contribution is 2.11. The average Bonchev–Trinajstić information content (AvgIpc) is 2.53. The second kappa shape index (κ2) is 5.09. The Morgan fingerprint density at radius 2 is 2.42 bits per heavy atom. The zero-order valence-corrected chi connectivity index (χ0v) is 8.19.